The molecule has 0 saturated heterocycles. The van der Waals surface area contributed by atoms with Gasteiger partial charge in [-0.15, -0.1) is 0 Å². The van der Waals surface area contributed by atoms with Gasteiger partial charge in [-0.3, -0.25) is 4.79 Å². The van der Waals surface area contributed by atoms with Crippen molar-refractivity contribution in [2.45, 2.75) is 0 Å². The number of nitriles is 1. The molecule has 0 radical (unpaired) electrons. The lowest BCUT2D eigenvalue weighted by molar-refractivity contribution is 0.669. The fraction of sp³-hybridized carbons (Fsp3) is 0. The van der Waals surface area contributed by atoms with Gasteiger partial charge < -0.3 is 15.1 Å². The summed E-state index contributed by atoms with van der Waals surface area (Å²) in [6.45, 7) is 0. The second-order valence-corrected chi connectivity index (χ2v) is 3.66. The van der Waals surface area contributed by atoms with Crippen molar-refractivity contribution in [1.82, 2.24) is 4.98 Å². The van der Waals surface area contributed by atoms with Crippen molar-refractivity contribution in [3.05, 3.63) is 40.2 Å². The monoisotopic (exact) mass is 225 g/mol. The maximum absolute atomic E-state index is 11.6. The van der Waals surface area contributed by atoms with Crippen LogP contribution in [0.25, 0.3) is 22.1 Å². The minimum atomic E-state index is -0.496. The molecule has 82 valence electrons. The molecule has 0 aliphatic heterocycles. The molecule has 2 aromatic heterocycles. The summed E-state index contributed by atoms with van der Waals surface area (Å²) in [5.74, 6) is 0. The third-order valence-electron chi connectivity index (χ3n) is 2.69. The quantitative estimate of drug-likeness (QED) is 0.608. The highest BCUT2D eigenvalue weighted by Gasteiger charge is 2.15. The number of hydrogen-bond acceptors (Lipinski definition) is 4. The van der Waals surface area contributed by atoms with Gasteiger partial charge >= 0.3 is 0 Å². The van der Waals surface area contributed by atoms with Gasteiger partial charge in [0.05, 0.1) is 5.52 Å². The molecule has 0 bridgehead atoms. The van der Waals surface area contributed by atoms with E-state index in [2.05, 4.69) is 4.98 Å². The summed E-state index contributed by atoms with van der Waals surface area (Å²) in [7, 11) is 0. The molecule has 3 N–H and O–H groups in total. The van der Waals surface area contributed by atoms with Crippen molar-refractivity contribution in [2.24, 2.45) is 0 Å². The first-order valence-corrected chi connectivity index (χ1v) is 4.95. The van der Waals surface area contributed by atoms with E-state index in [1.807, 2.05) is 18.2 Å². The summed E-state index contributed by atoms with van der Waals surface area (Å²) in [5, 5.41) is 9.62. The van der Waals surface area contributed by atoms with E-state index < -0.39 is 5.56 Å². The van der Waals surface area contributed by atoms with Crippen molar-refractivity contribution >= 4 is 27.8 Å². The van der Waals surface area contributed by atoms with E-state index >= 15 is 0 Å². The largest absolute Gasteiger partial charge is 0.452 e. The Morgan fingerprint density at radius 3 is 2.88 bits per heavy atom. The number of para-hydroxylation sites is 1. The van der Waals surface area contributed by atoms with E-state index in [9.17, 15) is 4.79 Å². The summed E-state index contributed by atoms with van der Waals surface area (Å²) in [5.41, 5.74) is 6.74. The predicted octanol–water partition coefficient (Wildman–Crippen LogP) is 1.73. The molecule has 5 heteroatoms. The molecule has 1 aromatic carbocycles. The van der Waals surface area contributed by atoms with Crippen molar-refractivity contribution < 1.29 is 4.42 Å². The van der Waals surface area contributed by atoms with Crippen LogP contribution in [0.15, 0.2) is 33.5 Å². The van der Waals surface area contributed by atoms with Crippen LogP contribution in [-0.2, 0) is 0 Å². The van der Waals surface area contributed by atoms with Crippen LogP contribution in [0.2, 0.25) is 0 Å². The minimum absolute atomic E-state index is 0.0856. The number of pyridine rings is 1. The predicted molar refractivity (Wildman–Crippen MR) is 63.5 cm³/mol. The van der Waals surface area contributed by atoms with E-state index in [4.69, 9.17) is 15.4 Å². The molecule has 0 aliphatic rings. The lowest BCUT2D eigenvalue weighted by atomic mass is 10.2. The van der Waals surface area contributed by atoms with Crippen LogP contribution in [-0.4, -0.2) is 4.98 Å². The number of benzene rings is 1. The molecule has 3 rings (SSSR count). The Morgan fingerprint density at radius 1 is 1.35 bits per heavy atom. The highest BCUT2D eigenvalue weighted by Crippen LogP contribution is 2.30. The van der Waals surface area contributed by atoms with Gasteiger partial charge in [0.25, 0.3) is 5.56 Å². The summed E-state index contributed by atoms with van der Waals surface area (Å²) in [6, 6.07) is 9.03. The second kappa shape index (κ2) is 3.12. The van der Waals surface area contributed by atoms with Crippen LogP contribution in [0.4, 0.5) is 5.69 Å². The number of anilines is 1. The normalized spacial score (nSPS) is 10.8. The maximum atomic E-state index is 11.6. The van der Waals surface area contributed by atoms with E-state index in [-0.39, 0.29) is 11.3 Å². The van der Waals surface area contributed by atoms with Crippen LogP contribution in [0.3, 0.4) is 0 Å². The van der Waals surface area contributed by atoms with Crippen LogP contribution in [0.1, 0.15) is 5.56 Å². The number of nitrogens with two attached hydrogens (primary N) is 1. The zero-order valence-electron chi connectivity index (χ0n) is 8.65. The maximum Gasteiger partial charge on any atom is 0.268 e. The van der Waals surface area contributed by atoms with Gasteiger partial charge in [0.2, 0.25) is 0 Å². The lowest BCUT2D eigenvalue weighted by Gasteiger charge is -1.96. The first-order chi connectivity index (χ1) is 8.22. The highest BCUT2D eigenvalue weighted by atomic mass is 16.3. The number of rotatable bonds is 0. The van der Waals surface area contributed by atoms with Gasteiger partial charge in [-0.25, -0.2) is 0 Å². The third-order valence-corrected chi connectivity index (χ3v) is 2.69. The molecule has 0 aliphatic carbocycles. The Balaban J connectivity index is 2.64. The Kier molecular flexibility index (Phi) is 1.74. The summed E-state index contributed by atoms with van der Waals surface area (Å²) in [4.78, 5) is 14.2. The average Bonchev–Trinajstić information content (AvgIpc) is 2.69. The van der Waals surface area contributed by atoms with Gasteiger partial charge in [-0.2, -0.15) is 5.26 Å². The van der Waals surface area contributed by atoms with Crippen LogP contribution in [0, 0.1) is 11.3 Å². The van der Waals surface area contributed by atoms with E-state index in [0.717, 1.165) is 5.39 Å². The number of furan rings is 1. The van der Waals surface area contributed by atoms with E-state index in [1.165, 1.54) is 0 Å². The number of H-pyrrole nitrogens is 1. The topological polar surface area (TPSA) is 95.8 Å². The standard InChI is InChI=1S/C12H7N3O2/c13-5-7-9(14)11-10(15-12(7)16)6-3-1-2-4-8(6)17-11/h1-4H,(H3,14,15,16). The molecule has 0 fully saturated rings. The first-order valence-electron chi connectivity index (χ1n) is 4.95. The van der Waals surface area contributed by atoms with E-state index in [0.29, 0.717) is 16.7 Å². The molecule has 3 aromatic rings. The number of aromatic nitrogens is 1. The number of fused-ring (bicyclic) bond motifs is 3. The highest BCUT2D eigenvalue weighted by molar-refractivity contribution is 6.06. The zero-order chi connectivity index (χ0) is 12.0. The van der Waals surface area contributed by atoms with Crippen LogP contribution >= 0.6 is 0 Å². The van der Waals surface area contributed by atoms with Gasteiger partial charge in [0.1, 0.15) is 22.9 Å². The fourth-order valence-electron chi connectivity index (χ4n) is 1.88. The van der Waals surface area contributed by atoms with Crippen LogP contribution in [0.5, 0.6) is 0 Å². The molecule has 17 heavy (non-hydrogen) atoms. The Labute approximate surface area is 95.1 Å². The van der Waals surface area contributed by atoms with Gasteiger partial charge in [-0.05, 0) is 12.1 Å². The molecule has 0 saturated carbocycles. The van der Waals surface area contributed by atoms with Crippen molar-refractivity contribution in [3.8, 4) is 6.07 Å². The average molecular weight is 225 g/mol. The Hall–Kier alpha value is -2.74. The Bertz CT molecular complexity index is 836. The molecule has 0 spiro atoms. The lowest BCUT2D eigenvalue weighted by Crippen LogP contribution is -2.12. The van der Waals surface area contributed by atoms with Crippen molar-refractivity contribution in [3.63, 3.8) is 0 Å². The third kappa shape index (κ3) is 1.15. The van der Waals surface area contributed by atoms with Crippen molar-refractivity contribution in [1.29, 1.82) is 5.26 Å². The van der Waals surface area contributed by atoms with Gasteiger partial charge in [0, 0.05) is 5.39 Å². The number of hydrogen-bond donors (Lipinski definition) is 2. The number of nitrogens with zero attached hydrogens (tertiary/aromatic N) is 1. The minimum Gasteiger partial charge on any atom is -0.452 e. The van der Waals surface area contributed by atoms with Crippen LogP contribution < -0.4 is 11.3 Å². The van der Waals surface area contributed by atoms with Gasteiger partial charge in [0.15, 0.2) is 5.58 Å². The molecule has 2 heterocycles. The molecular weight excluding hydrogens is 218 g/mol. The molecule has 5 nitrogen and oxygen atoms in total. The fourth-order valence-corrected chi connectivity index (χ4v) is 1.88. The number of nitrogen functional groups attached to an aromatic ring is 1. The summed E-state index contributed by atoms with van der Waals surface area (Å²) < 4.78 is 5.53. The first kappa shape index (κ1) is 9.48. The molecule has 0 atom stereocenters. The zero-order valence-corrected chi connectivity index (χ0v) is 8.65. The van der Waals surface area contributed by atoms with Crippen molar-refractivity contribution in [2.75, 3.05) is 5.73 Å². The number of nitrogens with one attached hydrogen (secondary N) is 1. The second-order valence-electron chi connectivity index (χ2n) is 3.66. The summed E-state index contributed by atoms with van der Waals surface area (Å²) in [6.07, 6.45) is 0. The summed E-state index contributed by atoms with van der Waals surface area (Å²) >= 11 is 0. The molecule has 0 unspecified atom stereocenters. The Morgan fingerprint density at radius 2 is 2.12 bits per heavy atom. The smallest absolute Gasteiger partial charge is 0.268 e. The molecular formula is C12H7N3O2. The SMILES string of the molecule is N#Cc1c(N)c2oc3ccccc3c2[nH]c1=O. The molecule has 0 amide bonds. The number of aromatic amines is 1. The van der Waals surface area contributed by atoms with E-state index in [1.54, 1.807) is 12.1 Å². The van der Waals surface area contributed by atoms with Gasteiger partial charge in [-0.1, -0.05) is 12.1 Å².